The number of hydrazine groups is 1. The summed E-state index contributed by atoms with van der Waals surface area (Å²) in [6, 6.07) is 14.4. The molecule has 0 spiro atoms. The monoisotopic (exact) mass is 455 g/mol. The molecule has 0 bridgehead atoms. The second-order valence-electron chi connectivity index (χ2n) is 6.73. The van der Waals surface area contributed by atoms with E-state index >= 15 is 0 Å². The number of carbonyl (C=O) groups is 5. The maximum Gasteiger partial charge on any atom is 0.338 e. The van der Waals surface area contributed by atoms with Crippen LogP contribution in [0.3, 0.4) is 0 Å². The predicted octanol–water partition coefficient (Wildman–Crippen LogP) is 1.98. The Balaban J connectivity index is 1.60. The van der Waals surface area contributed by atoms with Gasteiger partial charge in [-0.3, -0.25) is 30.0 Å². The molecule has 0 saturated heterocycles. The Hall–Kier alpha value is -4.21. The van der Waals surface area contributed by atoms with Crippen LogP contribution in [0.4, 0.5) is 5.69 Å². The van der Waals surface area contributed by atoms with Crippen LogP contribution < -0.4 is 16.2 Å². The number of amides is 3. The first-order valence-electron chi connectivity index (χ1n) is 10.3. The second kappa shape index (κ2) is 13.3. The van der Waals surface area contributed by atoms with Crippen molar-refractivity contribution >= 4 is 35.3 Å². The molecule has 0 aliphatic rings. The van der Waals surface area contributed by atoms with Gasteiger partial charge < -0.3 is 14.8 Å². The summed E-state index contributed by atoms with van der Waals surface area (Å²) in [5.74, 6) is -2.56. The van der Waals surface area contributed by atoms with E-state index in [1.807, 2.05) is 0 Å². The third-order valence-corrected chi connectivity index (χ3v) is 4.18. The van der Waals surface area contributed by atoms with E-state index < -0.39 is 36.3 Å². The van der Waals surface area contributed by atoms with Crippen molar-refractivity contribution in [3.8, 4) is 0 Å². The Morgan fingerprint density at radius 1 is 0.758 bits per heavy atom. The summed E-state index contributed by atoms with van der Waals surface area (Å²) in [6.07, 6.45) is 0.105. The maximum absolute atomic E-state index is 11.9. The van der Waals surface area contributed by atoms with Crippen molar-refractivity contribution in [3.05, 3.63) is 65.7 Å². The third-order valence-electron chi connectivity index (χ3n) is 4.18. The fourth-order valence-corrected chi connectivity index (χ4v) is 2.56. The fraction of sp³-hybridized carbons (Fsp3) is 0.261. The highest BCUT2D eigenvalue weighted by Gasteiger charge is 2.11. The number of rotatable bonds is 10. The Morgan fingerprint density at radius 2 is 1.45 bits per heavy atom. The second-order valence-corrected chi connectivity index (χ2v) is 6.73. The van der Waals surface area contributed by atoms with E-state index in [1.165, 1.54) is 24.3 Å². The Morgan fingerprint density at radius 3 is 2.12 bits per heavy atom. The quantitative estimate of drug-likeness (QED) is 0.368. The zero-order valence-electron chi connectivity index (χ0n) is 18.1. The number of ether oxygens (including phenoxy) is 2. The van der Waals surface area contributed by atoms with Crippen LogP contribution in [0.5, 0.6) is 0 Å². The average molecular weight is 455 g/mol. The molecule has 33 heavy (non-hydrogen) atoms. The van der Waals surface area contributed by atoms with Gasteiger partial charge in [-0.1, -0.05) is 18.2 Å². The van der Waals surface area contributed by atoms with E-state index in [9.17, 15) is 24.0 Å². The van der Waals surface area contributed by atoms with Crippen molar-refractivity contribution in [1.29, 1.82) is 0 Å². The molecular weight excluding hydrogens is 430 g/mol. The van der Waals surface area contributed by atoms with Gasteiger partial charge in [-0.05, 0) is 49.7 Å². The lowest BCUT2D eigenvalue weighted by Crippen LogP contribution is -2.41. The van der Waals surface area contributed by atoms with E-state index in [0.29, 0.717) is 16.8 Å². The van der Waals surface area contributed by atoms with Crippen LogP contribution in [0.15, 0.2) is 54.6 Å². The Labute approximate surface area is 190 Å². The van der Waals surface area contributed by atoms with Gasteiger partial charge in [0.15, 0.2) is 6.61 Å². The van der Waals surface area contributed by atoms with Crippen molar-refractivity contribution in [2.75, 3.05) is 18.5 Å². The number of carbonyl (C=O) groups excluding carboxylic acids is 5. The minimum atomic E-state index is -0.635. The SMILES string of the molecule is CCOC(=O)c1ccc(NC(=O)COC(=O)CCCC(=O)NNC(=O)c2ccccc2)cc1. The maximum atomic E-state index is 11.9. The van der Waals surface area contributed by atoms with Gasteiger partial charge in [0.1, 0.15) is 0 Å². The molecule has 0 aromatic heterocycles. The molecule has 0 aliphatic carbocycles. The summed E-state index contributed by atoms with van der Waals surface area (Å²) in [5, 5.41) is 2.54. The zero-order valence-corrected chi connectivity index (χ0v) is 18.1. The molecule has 0 radical (unpaired) electrons. The molecule has 10 nitrogen and oxygen atoms in total. The molecule has 0 aliphatic heterocycles. The van der Waals surface area contributed by atoms with E-state index in [0.717, 1.165) is 0 Å². The van der Waals surface area contributed by atoms with E-state index in [2.05, 4.69) is 16.2 Å². The minimum Gasteiger partial charge on any atom is -0.462 e. The van der Waals surface area contributed by atoms with Gasteiger partial charge in [-0.25, -0.2) is 4.79 Å². The number of hydrogen-bond acceptors (Lipinski definition) is 7. The third kappa shape index (κ3) is 9.21. The minimum absolute atomic E-state index is 0.0107. The first kappa shape index (κ1) is 25.1. The van der Waals surface area contributed by atoms with E-state index in [4.69, 9.17) is 9.47 Å². The largest absolute Gasteiger partial charge is 0.462 e. The molecule has 2 aromatic carbocycles. The summed E-state index contributed by atoms with van der Waals surface area (Å²) in [7, 11) is 0. The van der Waals surface area contributed by atoms with Crippen LogP contribution in [-0.2, 0) is 23.9 Å². The average Bonchev–Trinajstić information content (AvgIpc) is 2.82. The normalized spacial score (nSPS) is 9.97. The number of hydrogen-bond donors (Lipinski definition) is 3. The topological polar surface area (TPSA) is 140 Å². The van der Waals surface area contributed by atoms with Gasteiger partial charge in [-0.15, -0.1) is 0 Å². The summed E-state index contributed by atoms with van der Waals surface area (Å²) >= 11 is 0. The van der Waals surface area contributed by atoms with Gasteiger partial charge in [0, 0.05) is 24.1 Å². The lowest BCUT2D eigenvalue weighted by atomic mass is 10.2. The Kier molecular flexibility index (Phi) is 10.1. The van der Waals surface area contributed by atoms with Crippen LogP contribution in [0.2, 0.25) is 0 Å². The van der Waals surface area contributed by atoms with Crippen molar-refractivity contribution in [2.24, 2.45) is 0 Å². The summed E-state index contributed by atoms with van der Waals surface area (Å²) in [6.45, 7) is 1.48. The highest BCUT2D eigenvalue weighted by molar-refractivity contribution is 5.95. The summed E-state index contributed by atoms with van der Waals surface area (Å²) in [5.41, 5.74) is 5.73. The molecule has 10 heteroatoms. The first-order chi connectivity index (χ1) is 15.9. The van der Waals surface area contributed by atoms with Crippen molar-refractivity contribution < 1.29 is 33.4 Å². The molecule has 0 heterocycles. The van der Waals surface area contributed by atoms with Crippen molar-refractivity contribution in [2.45, 2.75) is 26.2 Å². The highest BCUT2D eigenvalue weighted by atomic mass is 16.5. The van der Waals surface area contributed by atoms with Gasteiger partial charge in [-0.2, -0.15) is 0 Å². The Bertz CT molecular complexity index is 975. The summed E-state index contributed by atoms with van der Waals surface area (Å²) in [4.78, 5) is 58.8. The van der Waals surface area contributed by atoms with Crippen molar-refractivity contribution in [1.82, 2.24) is 10.9 Å². The van der Waals surface area contributed by atoms with Gasteiger partial charge in [0.25, 0.3) is 11.8 Å². The summed E-state index contributed by atoms with van der Waals surface area (Å²) < 4.78 is 9.76. The lowest BCUT2D eigenvalue weighted by molar-refractivity contribution is -0.147. The van der Waals surface area contributed by atoms with Gasteiger partial charge >= 0.3 is 11.9 Å². The zero-order chi connectivity index (χ0) is 24.1. The number of anilines is 1. The molecule has 2 rings (SSSR count). The molecular formula is C23H25N3O7. The van der Waals surface area contributed by atoms with Crippen LogP contribution >= 0.6 is 0 Å². The van der Waals surface area contributed by atoms with Gasteiger partial charge in [0.2, 0.25) is 5.91 Å². The van der Waals surface area contributed by atoms with Crippen molar-refractivity contribution in [3.63, 3.8) is 0 Å². The number of esters is 2. The van der Waals surface area contributed by atoms with Crippen LogP contribution in [0.25, 0.3) is 0 Å². The van der Waals surface area contributed by atoms with Gasteiger partial charge in [0.05, 0.1) is 12.2 Å². The fourth-order valence-electron chi connectivity index (χ4n) is 2.56. The van der Waals surface area contributed by atoms with Crippen LogP contribution in [0, 0.1) is 0 Å². The highest BCUT2D eigenvalue weighted by Crippen LogP contribution is 2.10. The molecule has 0 unspecified atom stereocenters. The van der Waals surface area contributed by atoms with Crippen LogP contribution in [-0.4, -0.2) is 42.9 Å². The molecule has 0 saturated carbocycles. The molecule has 3 N–H and O–H groups in total. The first-order valence-corrected chi connectivity index (χ1v) is 10.3. The number of benzene rings is 2. The predicted molar refractivity (Wildman–Crippen MR) is 118 cm³/mol. The molecule has 174 valence electrons. The molecule has 3 amide bonds. The number of nitrogens with one attached hydrogen (secondary N) is 3. The van der Waals surface area contributed by atoms with E-state index in [-0.39, 0.29) is 25.9 Å². The molecule has 2 aromatic rings. The van der Waals surface area contributed by atoms with E-state index in [1.54, 1.807) is 37.3 Å². The van der Waals surface area contributed by atoms with Crippen LogP contribution in [0.1, 0.15) is 46.9 Å². The smallest absolute Gasteiger partial charge is 0.338 e. The lowest BCUT2D eigenvalue weighted by Gasteiger charge is -2.08. The standard InChI is InChI=1S/C23H25N3O7/c1-2-32-23(31)17-11-13-18(14-12-17)24-20(28)15-33-21(29)10-6-9-19(27)25-26-22(30)16-7-4-3-5-8-16/h3-5,7-8,11-14H,2,6,9-10,15H2,1H3,(H,24,28)(H,25,27)(H,26,30). The molecule has 0 fully saturated rings. The molecule has 0 atom stereocenters.